The van der Waals surface area contributed by atoms with Crippen LogP contribution in [-0.2, 0) is 11.2 Å². The molecule has 3 rings (SSSR count). The summed E-state index contributed by atoms with van der Waals surface area (Å²) in [7, 11) is 0. The van der Waals surface area contributed by atoms with Crippen LogP contribution in [0.5, 0.6) is 11.6 Å². The topological polar surface area (TPSA) is 73.3 Å². The highest BCUT2D eigenvalue weighted by Crippen LogP contribution is 2.28. The first-order chi connectivity index (χ1) is 10.3. The molecule has 0 unspecified atom stereocenters. The fourth-order valence-electron chi connectivity index (χ4n) is 2.18. The van der Waals surface area contributed by atoms with Crippen molar-refractivity contribution in [3.8, 4) is 11.6 Å². The van der Waals surface area contributed by atoms with Crippen LogP contribution in [0, 0.1) is 0 Å². The quantitative estimate of drug-likeness (QED) is 0.870. The summed E-state index contributed by atoms with van der Waals surface area (Å²) in [5.41, 5.74) is 2.54. The van der Waals surface area contributed by atoms with Crippen LogP contribution < -0.4 is 10.1 Å². The molecule has 6 heteroatoms. The van der Waals surface area contributed by atoms with E-state index in [1.165, 1.54) is 18.0 Å². The van der Waals surface area contributed by atoms with Crippen molar-refractivity contribution < 1.29 is 14.3 Å². The minimum atomic E-state index is -0.483. The molecule has 0 spiro atoms. The molecule has 2 heterocycles. The lowest BCUT2D eigenvalue weighted by Crippen LogP contribution is -2.07. The van der Waals surface area contributed by atoms with Gasteiger partial charge in [0.2, 0.25) is 5.88 Å². The molecule has 6 nitrogen and oxygen atoms in total. The number of ether oxygens (including phenoxy) is 2. The van der Waals surface area contributed by atoms with Gasteiger partial charge < -0.3 is 14.8 Å². The van der Waals surface area contributed by atoms with Crippen LogP contribution in [0.2, 0.25) is 0 Å². The van der Waals surface area contributed by atoms with Crippen molar-refractivity contribution in [1.82, 2.24) is 9.97 Å². The van der Waals surface area contributed by atoms with Crippen LogP contribution in [0.1, 0.15) is 23.0 Å². The number of esters is 1. The van der Waals surface area contributed by atoms with Gasteiger partial charge >= 0.3 is 5.97 Å². The second kappa shape index (κ2) is 5.78. The van der Waals surface area contributed by atoms with Crippen LogP contribution in [0.3, 0.4) is 0 Å². The Balaban J connectivity index is 1.78. The third-order valence-corrected chi connectivity index (χ3v) is 3.14. The highest BCUT2D eigenvalue weighted by atomic mass is 16.5. The second-order valence-corrected chi connectivity index (χ2v) is 4.56. The van der Waals surface area contributed by atoms with Gasteiger partial charge in [0, 0.05) is 18.3 Å². The Morgan fingerprint density at radius 2 is 2.24 bits per heavy atom. The Kier molecular flexibility index (Phi) is 3.68. The van der Waals surface area contributed by atoms with Crippen LogP contribution in [0.15, 0.2) is 30.6 Å². The van der Waals surface area contributed by atoms with E-state index in [4.69, 9.17) is 9.47 Å². The van der Waals surface area contributed by atoms with E-state index < -0.39 is 5.97 Å². The molecule has 1 aliphatic rings. The Bertz CT molecular complexity index is 673. The SMILES string of the molecule is CCOC(=O)c1cc(Oc2ccc3c(c2)CCN3)ncn1. The lowest BCUT2D eigenvalue weighted by Gasteiger charge is -2.07. The molecular formula is C15H15N3O3. The molecule has 21 heavy (non-hydrogen) atoms. The molecule has 0 amide bonds. The van der Waals surface area contributed by atoms with Gasteiger partial charge in [-0.3, -0.25) is 0 Å². The standard InChI is InChI=1S/C15H15N3O3/c1-2-20-15(19)13-8-14(18-9-17-13)21-11-3-4-12-10(7-11)5-6-16-12/h3-4,7-9,16H,2,5-6H2,1H3. The van der Waals surface area contributed by atoms with E-state index >= 15 is 0 Å². The number of carbonyl (C=O) groups excluding carboxylic acids is 1. The molecule has 1 N–H and O–H groups in total. The molecule has 0 saturated carbocycles. The summed E-state index contributed by atoms with van der Waals surface area (Å²) in [6.07, 6.45) is 2.26. The van der Waals surface area contributed by atoms with Crippen LogP contribution in [-0.4, -0.2) is 29.1 Å². The van der Waals surface area contributed by atoms with Crippen molar-refractivity contribution in [3.05, 3.63) is 41.9 Å². The number of aromatic nitrogens is 2. The average molecular weight is 285 g/mol. The first-order valence-electron chi connectivity index (χ1n) is 6.80. The maximum Gasteiger partial charge on any atom is 0.357 e. The average Bonchev–Trinajstić information content (AvgIpc) is 2.95. The van der Waals surface area contributed by atoms with Crippen LogP contribution >= 0.6 is 0 Å². The normalized spacial score (nSPS) is 12.4. The van der Waals surface area contributed by atoms with Crippen molar-refractivity contribution in [2.75, 3.05) is 18.5 Å². The summed E-state index contributed by atoms with van der Waals surface area (Å²) >= 11 is 0. The summed E-state index contributed by atoms with van der Waals surface area (Å²) in [6, 6.07) is 7.29. The Morgan fingerprint density at radius 1 is 1.33 bits per heavy atom. The van der Waals surface area contributed by atoms with Gasteiger partial charge in [-0.05, 0) is 37.1 Å². The lowest BCUT2D eigenvalue weighted by atomic mass is 10.1. The molecule has 1 aliphatic heterocycles. The number of benzene rings is 1. The zero-order valence-corrected chi connectivity index (χ0v) is 11.6. The molecule has 0 fully saturated rings. The maximum absolute atomic E-state index is 11.6. The van der Waals surface area contributed by atoms with Crippen LogP contribution in [0.25, 0.3) is 0 Å². The Hall–Kier alpha value is -2.63. The molecule has 0 bridgehead atoms. The van der Waals surface area contributed by atoms with Gasteiger partial charge in [0.15, 0.2) is 5.69 Å². The first kappa shape index (κ1) is 13.4. The van der Waals surface area contributed by atoms with Gasteiger partial charge in [0.05, 0.1) is 6.61 Å². The van der Waals surface area contributed by atoms with Crippen molar-refractivity contribution in [2.45, 2.75) is 13.3 Å². The van der Waals surface area contributed by atoms with E-state index in [0.717, 1.165) is 18.7 Å². The highest BCUT2D eigenvalue weighted by molar-refractivity contribution is 5.87. The van der Waals surface area contributed by atoms with E-state index in [2.05, 4.69) is 15.3 Å². The third-order valence-electron chi connectivity index (χ3n) is 3.14. The predicted molar refractivity (Wildman–Crippen MR) is 76.7 cm³/mol. The zero-order chi connectivity index (χ0) is 14.7. The monoisotopic (exact) mass is 285 g/mol. The summed E-state index contributed by atoms with van der Waals surface area (Å²) < 4.78 is 10.6. The molecular weight excluding hydrogens is 270 g/mol. The minimum absolute atomic E-state index is 0.185. The summed E-state index contributed by atoms with van der Waals surface area (Å²) in [5, 5.41) is 3.29. The number of hydrogen-bond acceptors (Lipinski definition) is 6. The van der Waals surface area contributed by atoms with Gasteiger partial charge in [-0.1, -0.05) is 0 Å². The second-order valence-electron chi connectivity index (χ2n) is 4.56. The van der Waals surface area contributed by atoms with Gasteiger partial charge in [-0.15, -0.1) is 0 Å². The molecule has 0 saturated heterocycles. The predicted octanol–water partition coefficient (Wildman–Crippen LogP) is 2.41. The van der Waals surface area contributed by atoms with Crippen molar-refractivity contribution in [2.24, 2.45) is 0 Å². The summed E-state index contributed by atoms with van der Waals surface area (Å²) in [6.45, 7) is 2.99. The molecule has 0 aliphatic carbocycles. The summed E-state index contributed by atoms with van der Waals surface area (Å²) in [5.74, 6) is 0.521. The number of hydrogen-bond donors (Lipinski definition) is 1. The molecule has 2 aromatic rings. The van der Waals surface area contributed by atoms with Gasteiger partial charge in [0.25, 0.3) is 0 Å². The van der Waals surface area contributed by atoms with Gasteiger partial charge in [-0.2, -0.15) is 0 Å². The van der Waals surface area contributed by atoms with Gasteiger partial charge in [0.1, 0.15) is 12.1 Å². The van der Waals surface area contributed by atoms with Crippen LogP contribution in [0.4, 0.5) is 5.69 Å². The van der Waals surface area contributed by atoms with Crippen molar-refractivity contribution in [3.63, 3.8) is 0 Å². The third kappa shape index (κ3) is 2.94. The van der Waals surface area contributed by atoms with Crippen molar-refractivity contribution >= 4 is 11.7 Å². The van der Waals surface area contributed by atoms with Crippen molar-refractivity contribution in [1.29, 1.82) is 0 Å². The molecule has 1 aromatic heterocycles. The number of carbonyl (C=O) groups is 1. The van der Waals surface area contributed by atoms with E-state index in [-0.39, 0.29) is 5.69 Å². The number of rotatable bonds is 4. The largest absolute Gasteiger partial charge is 0.461 e. The minimum Gasteiger partial charge on any atom is -0.461 e. The smallest absolute Gasteiger partial charge is 0.357 e. The first-order valence-corrected chi connectivity index (χ1v) is 6.80. The maximum atomic E-state index is 11.6. The Labute approximate surface area is 122 Å². The number of anilines is 1. The molecule has 1 aromatic carbocycles. The number of nitrogens with one attached hydrogen (secondary N) is 1. The molecule has 108 valence electrons. The van der Waals surface area contributed by atoms with E-state index in [9.17, 15) is 4.79 Å². The van der Waals surface area contributed by atoms with Gasteiger partial charge in [-0.25, -0.2) is 14.8 Å². The van der Waals surface area contributed by atoms with E-state index in [0.29, 0.717) is 18.2 Å². The fraction of sp³-hybridized carbons (Fsp3) is 0.267. The number of fused-ring (bicyclic) bond motifs is 1. The lowest BCUT2D eigenvalue weighted by molar-refractivity contribution is 0.0518. The van der Waals surface area contributed by atoms with E-state index in [1.54, 1.807) is 6.92 Å². The fourth-order valence-corrected chi connectivity index (χ4v) is 2.18. The molecule has 0 radical (unpaired) electrons. The van der Waals surface area contributed by atoms with E-state index in [1.807, 2.05) is 18.2 Å². The molecule has 0 atom stereocenters. The summed E-state index contributed by atoms with van der Waals surface area (Å²) in [4.78, 5) is 19.5. The number of nitrogens with zero attached hydrogens (tertiary/aromatic N) is 2. The zero-order valence-electron chi connectivity index (χ0n) is 11.6. The Morgan fingerprint density at radius 3 is 3.10 bits per heavy atom. The highest BCUT2D eigenvalue weighted by Gasteiger charge is 2.13.